The molecule has 2 aromatic heterocycles. The van der Waals surface area contributed by atoms with Gasteiger partial charge in [0.25, 0.3) is 5.56 Å². The molecule has 6 nitrogen and oxygen atoms in total. The van der Waals surface area contributed by atoms with Crippen LogP contribution in [0.2, 0.25) is 0 Å². The van der Waals surface area contributed by atoms with Gasteiger partial charge in [-0.2, -0.15) is 0 Å². The summed E-state index contributed by atoms with van der Waals surface area (Å²) < 4.78 is 4.55. The fraction of sp³-hybridized carbons (Fsp3) is 0.545. The van der Waals surface area contributed by atoms with E-state index in [2.05, 4.69) is 4.98 Å². The summed E-state index contributed by atoms with van der Waals surface area (Å²) in [6.45, 7) is 6.70. The fourth-order valence-corrected chi connectivity index (χ4v) is 2.78. The zero-order valence-corrected chi connectivity index (χ0v) is 11.9. The molecule has 0 N–H and O–H groups in total. The third-order valence-electron chi connectivity index (χ3n) is 2.87. The summed E-state index contributed by atoms with van der Waals surface area (Å²) in [6.07, 6.45) is 2.10. The van der Waals surface area contributed by atoms with Crippen molar-refractivity contribution in [3.63, 3.8) is 0 Å². The molecule has 0 saturated carbocycles. The minimum Gasteiger partial charge on any atom is -0.325 e. The lowest BCUT2D eigenvalue weighted by atomic mass is 10.5. The average Bonchev–Trinajstić information content (AvgIpc) is 2.75. The Morgan fingerprint density at radius 1 is 1.33 bits per heavy atom. The Bertz CT molecular complexity index is 695. The van der Waals surface area contributed by atoms with Gasteiger partial charge in [-0.3, -0.25) is 13.9 Å². The predicted molar refractivity (Wildman–Crippen MR) is 73.7 cm³/mol. The molecule has 98 valence electrons. The molecule has 2 rings (SSSR count). The molecule has 0 unspecified atom stereocenters. The first-order valence-corrected chi connectivity index (χ1v) is 8.19. The molecule has 0 aromatic carbocycles. The van der Waals surface area contributed by atoms with Gasteiger partial charge in [-0.1, -0.05) is 7.92 Å². The summed E-state index contributed by atoms with van der Waals surface area (Å²) in [7, 11) is 1.30. The lowest BCUT2D eigenvalue weighted by Crippen LogP contribution is -2.39. The van der Waals surface area contributed by atoms with Gasteiger partial charge in [0.15, 0.2) is 11.2 Å². The SMILES string of the molecule is CCn1cnc2c1c(=O)n(CP(C)C)c(=O)n2C. The number of nitrogens with zero attached hydrogens (tertiary/aromatic N) is 4. The van der Waals surface area contributed by atoms with Crippen molar-refractivity contribution >= 4 is 19.1 Å². The molecule has 0 radical (unpaired) electrons. The molecule has 0 spiro atoms. The smallest absolute Gasteiger partial charge is 0.325 e. The van der Waals surface area contributed by atoms with Gasteiger partial charge in [0.1, 0.15) is 0 Å². The summed E-state index contributed by atoms with van der Waals surface area (Å²) in [6, 6.07) is 0. The first kappa shape index (κ1) is 13.0. The van der Waals surface area contributed by atoms with E-state index in [-0.39, 0.29) is 19.2 Å². The Balaban J connectivity index is 2.88. The number of hydrogen-bond donors (Lipinski definition) is 0. The van der Waals surface area contributed by atoms with Gasteiger partial charge in [-0.25, -0.2) is 9.78 Å². The van der Waals surface area contributed by atoms with Crippen LogP contribution >= 0.6 is 7.92 Å². The van der Waals surface area contributed by atoms with E-state index >= 15 is 0 Å². The molecule has 0 saturated heterocycles. The highest BCUT2D eigenvalue weighted by Crippen LogP contribution is 2.25. The van der Waals surface area contributed by atoms with Gasteiger partial charge in [-0.05, 0) is 20.3 Å². The van der Waals surface area contributed by atoms with Gasteiger partial charge in [0.05, 0.1) is 6.33 Å². The highest BCUT2D eigenvalue weighted by molar-refractivity contribution is 7.54. The molecule has 18 heavy (non-hydrogen) atoms. The Morgan fingerprint density at radius 3 is 2.56 bits per heavy atom. The van der Waals surface area contributed by atoms with Crippen molar-refractivity contribution in [3.8, 4) is 0 Å². The standard InChI is InChI=1S/C11H17N4O2P/c1-5-14-6-12-9-8(14)10(16)15(7-18(3)4)11(17)13(9)2/h6H,5,7H2,1-4H3. The molecule has 0 aliphatic rings. The van der Waals surface area contributed by atoms with Crippen molar-refractivity contribution in [1.82, 2.24) is 18.7 Å². The molecule has 0 aliphatic carbocycles. The van der Waals surface area contributed by atoms with Crippen LogP contribution in [0.15, 0.2) is 15.9 Å². The number of aryl methyl sites for hydroxylation is 2. The molecular weight excluding hydrogens is 251 g/mol. The molecular formula is C11H17N4O2P. The Hall–Kier alpha value is -1.42. The summed E-state index contributed by atoms with van der Waals surface area (Å²) in [5, 5.41) is 0. The molecule has 0 aliphatic heterocycles. The lowest BCUT2D eigenvalue weighted by Gasteiger charge is -2.11. The first-order chi connectivity index (χ1) is 8.47. The van der Waals surface area contributed by atoms with Crippen LogP contribution in [-0.2, 0) is 19.9 Å². The van der Waals surface area contributed by atoms with Crippen LogP contribution < -0.4 is 11.2 Å². The second-order valence-electron chi connectivity index (χ2n) is 4.50. The van der Waals surface area contributed by atoms with Crippen molar-refractivity contribution < 1.29 is 0 Å². The third-order valence-corrected chi connectivity index (χ3v) is 3.72. The quantitative estimate of drug-likeness (QED) is 0.766. The molecule has 0 amide bonds. The molecule has 2 aromatic rings. The van der Waals surface area contributed by atoms with Gasteiger partial charge in [0.2, 0.25) is 0 Å². The maximum absolute atomic E-state index is 12.4. The second-order valence-corrected chi connectivity index (χ2v) is 6.94. The highest BCUT2D eigenvalue weighted by atomic mass is 31.1. The monoisotopic (exact) mass is 268 g/mol. The van der Waals surface area contributed by atoms with Crippen LogP contribution in [0.1, 0.15) is 6.92 Å². The van der Waals surface area contributed by atoms with Crippen LogP contribution in [0.5, 0.6) is 0 Å². The minimum absolute atomic E-state index is 0.233. The van der Waals surface area contributed by atoms with Crippen molar-refractivity contribution in [2.45, 2.75) is 19.8 Å². The largest absolute Gasteiger partial charge is 0.332 e. The van der Waals surface area contributed by atoms with Crippen molar-refractivity contribution in [1.29, 1.82) is 0 Å². The summed E-state index contributed by atoms with van der Waals surface area (Å²) >= 11 is 0. The average molecular weight is 268 g/mol. The predicted octanol–water partition coefficient (Wildman–Crippen LogP) is 0.616. The third kappa shape index (κ3) is 1.90. The number of fused-ring (bicyclic) bond motifs is 1. The van der Waals surface area contributed by atoms with E-state index in [1.54, 1.807) is 17.9 Å². The van der Waals surface area contributed by atoms with Gasteiger partial charge in [-0.15, -0.1) is 0 Å². The number of imidazole rings is 1. The Kier molecular flexibility index (Phi) is 3.39. The topological polar surface area (TPSA) is 61.8 Å². The van der Waals surface area contributed by atoms with E-state index in [9.17, 15) is 9.59 Å². The number of rotatable bonds is 3. The van der Waals surface area contributed by atoms with Crippen LogP contribution in [0.25, 0.3) is 11.2 Å². The van der Waals surface area contributed by atoms with E-state index in [4.69, 9.17) is 0 Å². The first-order valence-electron chi connectivity index (χ1n) is 5.76. The van der Waals surface area contributed by atoms with Crippen molar-refractivity contribution in [3.05, 3.63) is 27.2 Å². The van der Waals surface area contributed by atoms with Gasteiger partial charge >= 0.3 is 5.69 Å². The van der Waals surface area contributed by atoms with Crippen LogP contribution in [-0.4, -0.2) is 32.0 Å². The highest BCUT2D eigenvalue weighted by Gasteiger charge is 2.15. The van der Waals surface area contributed by atoms with Crippen molar-refractivity contribution in [2.24, 2.45) is 7.05 Å². The van der Waals surface area contributed by atoms with Crippen LogP contribution in [0, 0.1) is 0 Å². The van der Waals surface area contributed by atoms with E-state index in [1.807, 2.05) is 20.3 Å². The lowest BCUT2D eigenvalue weighted by molar-refractivity contribution is 0.687. The Labute approximate surface area is 106 Å². The summed E-state index contributed by atoms with van der Waals surface area (Å²) in [4.78, 5) is 28.6. The number of hydrogen-bond acceptors (Lipinski definition) is 3. The maximum Gasteiger partial charge on any atom is 0.332 e. The fourth-order valence-electron chi connectivity index (χ4n) is 1.97. The summed E-state index contributed by atoms with van der Waals surface area (Å²) in [5.41, 5.74) is 0.449. The number of aromatic nitrogens is 4. The normalized spacial score (nSPS) is 11.6. The van der Waals surface area contributed by atoms with E-state index in [0.29, 0.717) is 24.0 Å². The van der Waals surface area contributed by atoms with E-state index in [1.165, 1.54) is 9.13 Å². The van der Waals surface area contributed by atoms with E-state index < -0.39 is 0 Å². The van der Waals surface area contributed by atoms with Gasteiger partial charge < -0.3 is 4.57 Å². The molecule has 0 bridgehead atoms. The Morgan fingerprint density at radius 2 is 2.00 bits per heavy atom. The van der Waals surface area contributed by atoms with Gasteiger partial charge in [0, 0.05) is 19.9 Å². The maximum atomic E-state index is 12.4. The van der Waals surface area contributed by atoms with E-state index in [0.717, 1.165) is 0 Å². The second kappa shape index (κ2) is 4.69. The van der Waals surface area contributed by atoms with Crippen molar-refractivity contribution in [2.75, 3.05) is 13.3 Å². The van der Waals surface area contributed by atoms with Crippen LogP contribution in [0.3, 0.4) is 0 Å². The van der Waals surface area contributed by atoms with Crippen LogP contribution in [0.4, 0.5) is 0 Å². The molecule has 7 heteroatoms. The molecule has 2 heterocycles. The zero-order valence-electron chi connectivity index (χ0n) is 11.0. The summed E-state index contributed by atoms with van der Waals surface area (Å²) in [5.74, 6) is 0. The molecule has 0 atom stereocenters. The zero-order chi connectivity index (χ0) is 13.4. The molecule has 0 fully saturated rings. The minimum atomic E-state index is -0.356.